The van der Waals surface area contributed by atoms with Crippen molar-refractivity contribution in [2.24, 2.45) is 0 Å². The van der Waals surface area contributed by atoms with Crippen molar-refractivity contribution >= 4 is 27.5 Å². The van der Waals surface area contributed by atoms with E-state index in [1.807, 2.05) is 0 Å². The molecule has 1 saturated carbocycles. The molecular weight excluding hydrogens is 430 g/mol. The molecule has 1 aliphatic heterocycles. The first-order valence-electron chi connectivity index (χ1n) is 10.5. The third-order valence-electron chi connectivity index (χ3n) is 5.33. The zero-order valence-corrected chi connectivity index (χ0v) is 18.6. The van der Waals surface area contributed by atoms with Gasteiger partial charge in [-0.3, -0.25) is 9.69 Å². The topological polar surface area (TPSA) is 97.0 Å². The first-order chi connectivity index (χ1) is 14.4. The molecule has 0 unspecified atom stereocenters. The van der Waals surface area contributed by atoms with E-state index in [1.54, 1.807) is 0 Å². The predicted molar refractivity (Wildman–Crippen MR) is 114 cm³/mol. The number of ether oxygens (including phenoxy) is 2. The van der Waals surface area contributed by atoms with Crippen LogP contribution in [0, 0.1) is 0 Å². The number of carbonyl (C=O) groups excluding carboxylic acids is 1. The van der Waals surface area contributed by atoms with E-state index in [2.05, 4.69) is 14.9 Å². The second-order valence-corrected chi connectivity index (χ2v) is 9.76. The lowest BCUT2D eigenvalue weighted by molar-refractivity contribution is -0.123. The van der Waals surface area contributed by atoms with Gasteiger partial charge in [-0.2, -0.15) is 0 Å². The summed E-state index contributed by atoms with van der Waals surface area (Å²) in [7, 11) is -3.62. The Bertz CT molecular complexity index is 809. The van der Waals surface area contributed by atoms with E-state index in [-0.39, 0.29) is 34.2 Å². The summed E-state index contributed by atoms with van der Waals surface area (Å²) in [5, 5.41) is 2.97. The summed E-state index contributed by atoms with van der Waals surface area (Å²) in [6.07, 6.45) is 4.64. The van der Waals surface area contributed by atoms with Crippen molar-refractivity contribution < 1.29 is 22.7 Å². The molecule has 2 aliphatic rings. The molecule has 0 radical (unpaired) electrons. The molecule has 1 aromatic carbocycles. The Hall–Kier alpha value is -1.39. The standard InChI is InChI=1S/C20H30ClN3O5S/c21-18-14-17(30(26,27)23-16-4-1-2-5-16)6-7-19(18)29-15-20(25)22-8-3-9-24-10-12-28-13-11-24/h6-7,14,16,23H,1-5,8-13,15H2,(H,22,25). The van der Waals surface area contributed by atoms with Gasteiger partial charge in [0.15, 0.2) is 6.61 Å². The van der Waals surface area contributed by atoms with E-state index >= 15 is 0 Å². The van der Waals surface area contributed by atoms with Gasteiger partial charge in [0.1, 0.15) is 5.75 Å². The van der Waals surface area contributed by atoms with Crippen LogP contribution in [-0.4, -0.2) is 71.3 Å². The molecule has 0 atom stereocenters. The zero-order valence-electron chi connectivity index (χ0n) is 17.1. The van der Waals surface area contributed by atoms with Gasteiger partial charge in [-0.1, -0.05) is 24.4 Å². The number of rotatable bonds is 10. The number of sulfonamides is 1. The van der Waals surface area contributed by atoms with E-state index in [4.69, 9.17) is 21.1 Å². The largest absolute Gasteiger partial charge is 0.482 e. The first kappa shape index (κ1) is 23.3. The average molecular weight is 460 g/mol. The van der Waals surface area contributed by atoms with Crippen LogP contribution in [0.1, 0.15) is 32.1 Å². The van der Waals surface area contributed by atoms with Crippen molar-refractivity contribution in [2.45, 2.75) is 43.0 Å². The minimum absolute atomic E-state index is 0.0170. The summed E-state index contributed by atoms with van der Waals surface area (Å²) < 4.78 is 38.5. The van der Waals surface area contributed by atoms with Crippen LogP contribution in [0.5, 0.6) is 5.75 Å². The zero-order chi connectivity index (χ0) is 21.4. The molecule has 1 aromatic rings. The molecule has 1 aliphatic carbocycles. The number of hydrogen-bond donors (Lipinski definition) is 2. The average Bonchev–Trinajstić information content (AvgIpc) is 3.23. The van der Waals surface area contributed by atoms with E-state index in [9.17, 15) is 13.2 Å². The Balaban J connectivity index is 1.41. The van der Waals surface area contributed by atoms with E-state index in [0.717, 1.165) is 65.0 Å². The molecule has 0 bridgehead atoms. The van der Waals surface area contributed by atoms with Gasteiger partial charge in [0, 0.05) is 25.7 Å². The molecule has 1 amide bonds. The highest BCUT2D eigenvalue weighted by Crippen LogP contribution is 2.28. The fourth-order valence-electron chi connectivity index (χ4n) is 3.65. The van der Waals surface area contributed by atoms with Gasteiger partial charge in [-0.15, -0.1) is 0 Å². The van der Waals surface area contributed by atoms with Crippen LogP contribution in [0.2, 0.25) is 5.02 Å². The van der Waals surface area contributed by atoms with Crippen LogP contribution in [-0.2, 0) is 19.6 Å². The Morgan fingerprint density at radius 3 is 2.67 bits per heavy atom. The number of carbonyl (C=O) groups is 1. The molecule has 0 aromatic heterocycles. The van der Waals surface area contributed by atoms with Gasteiger partial charge in [0.2, 0.25) is 10.0 Å². The first-order valence-corrected chi connectivity index (χ1v) is 12.3. The van der Waals surface area contributed by atoms with Gasteiger partial charge in [-0.25, -0.2) is 13.1 Å². The maximum atomic E-state index is 12.5. The number of amides is 1. The lowest BCUT2D eigenvalue weighted by Gasteiger charge is -2.26. The second-order valence-electron chi connectivity index (χ2n) is 7.64. The number of benzene rings is 1. The smallest absolute Gasteiger partial charge is 0.257 e. The van der Waals surface area contributed by atoms with Crippen LogP contribution in [0.3, 0.4) is 0 Å². The quantitative estimate of drug-likeness (QED) is 0.518. The SMILES string of the molecule is O=C(COc1ccc(S(=O)(=O)NC2CCCC2)cc1Cl)NCCCN1CCOCC1. The molecule has 0 spiro atoms. The summed E-state index contributed by atoms with van der Waals surface area (Å²) in [6, 6.07) is 4.27. The number of nitrogens with one attached hydrogen (secondary N) is 2. The van der Waals surface area contributed by atoms with Crippen LogP contribution >= 0.6 is 11.6 Å². The second kappa shape index (κ2) is 11.3. The van der Waals surface area contributed by atoms with Gasteiger partial charge in [0.05, 0.1) is 23.1 Å². The lowest BCUT2D eigenvalue weighted by Crippen LogP contribution is -2.38. The van der Waals surface area contributed by atoms with Gasteiger partial charge in [0.25, 0.3) is 5.91 Å². The maximum Gasteiger partial charge on any atom is 0.257 e. The molecule has 3 rings (SSSR count). The Kier molecular flexibility index (Phi) is 8.76. The van der Waals surface area contributed by atoms with Crippen LogP contribution in [0.25, 0.3) is 0 Å². The fourth-order valence-corrected chi connectivity index (χ4v) is 5.28. The molecule has 1 heterocycles. The van der Waals surface area contributed by atoms with Crippen LogP contribution < -0.4 is 14.8 Å². The van der Waals surface area contributed by atoms with Gasteiger partial charge < -0.3 is 14.8 Å². The van der Waals surface area contributed by atoms with Crippen molar-refractivity contribution in [1.29, 1.82) is 0 Å². The van der Waals surface area contributed by atoms with Crippen LogP contribution in [0.4, 0.5) is 0 Å². The normalized spacial score (nSPS) is 18.4. The highest BCUT2D eigenvalue weighted by Gasteiger charge is 2.23. The molecule has 30 heavy (non-hydrogen) atoms. The van der Waals surface area contributed by atoms with Gasteiger partial charge in [-0.05, 0) is 44.0 Å². The fraction of sp³-hybridized carbons (Fsp3) is 0.650. The number of hydrogen-bond acceptors (Lipinski definition) is 6. The molecule has 2 N–H and O–H groups in total. The van der Waals surface area contributed by atoms with Crippen molar-refractivity contribution in [3.05, 3.63) is 23.2 Å². The van der Waals surface area contributed by atoms with E-state index < -0.39 is 10.0 Å². The molecule has 1 saturated heterocycles. The van der Waals surface area contributed by atoms with E-state index in [0.29, 0.717) is 6.54 Å². The predicted octanol–water partition coefficient (Wildman–Crippen LogP) is 1.78. The summed E-state index contributed by atoms with van der Waals surface area (Å²) in [5.41, 5.74) is 0. The van der Waals surface area contributed by atoms with Crippen molar-refractivity contribution in [3.8, 4) is 5.75 Å². The third-order valence-corrected chi connectivity index (χ3v) is 7.14. The van der Waals surface area contributed by atoms with E-state index in [1.165, 1.54) is 18.2 Å². The maximum absolute atomic E-state index is 12.5. The Morgan fingerprint density at radius 1 is 1.23 bits per heavy atom. The minimum atomic E-state index is -3.62. The van der Waals surface area contributed by atoms with Gasteiger partial charge >= 0.3 is 0 Å². The monoisotopic (exact) mass is 459 g/mol. The number of halogens is 1. The van der Waals surface area contributed by atoms with Crippen molar-refractivity contribution in [1.82, 2.24) is 14.9 Å². The van der Waals surface area contributed by atoms with Crippen LogP contribution in [0.15, 0.2) is 23.1 Å². The number of morpholine rings is 1. The highest BCUT2D eigenvalue weighted by molar-refractivity contribution is 7.89. The summed E-state index contributed by atoms with van der Waals surface area (Å²) in [4.78, 5) is 14.4. The lowest BCUT2D eigenvalue weighted by atomic mass is 10.3. The summed E-state index contributed by atoms with van der Waals surface area (Å²) >= 11 is 6.18. The molecule has 8 nitrogen and oxygen atoms in total. The van der Waals surface area contributed by atoms with Crippen molar-refractivity contribution in [3.63, 3.8) is 0 Å². The summed E-state index contributed by atoms with van der Waals surface area (Å²) in [6.45, 7) is 4.69. The number of nitrogens with zero attached hydrogens (tertiary/aromatic N) is 1. The molecular formula is C20H30ClN3O5S. The van der Waals surface area contributed by atoms with Crippen molar-refractivity contribution in [2.75, 3.05) is 46.0 Å². The minimum Gasteiger partial charge on any atom is -0.482 e. The highest BCUT2D eigenvalue weighted by atomic mass is 35.5. The molecule has 168 valence electrons. The molecule has 2 fully saturated rings. The molecule has 10 heteroatoms. The summed E-state index contributed by atoms with van der Waals surface area (Å²) in [5.74, 6) is 0.0348. The Morgan fingerprint density at radius 2 is 1.97 bits per heavy atom. The third kappa shape index (κ3) is 7.09. The Labute approximate surface area is 183 Å².